The van der Waals surface area contributed by atoms with E-state index in [0.717, 1.165) is 37.5 Å². The van der Waals surface area contributed by atoms with Crippen molar-refractivity contribution in [2.45, 2.75) is 19.3 Å². The highest BCUT2D eigenvalue weighted by Crippen LogP contribution is 2.22. The summed E-state index contributed by atoms with van der Waals surface area (Å²) in [6.07, 6.45) is 3.66. The molecular weight excluding hydrogens is 428 g/mol. The van der Waals surface area contributed by atoms with E-state index in [4.69, 9.17) is 16.3 Å². The van der Waals surface area contributed by atoms with Gasteiger partial charge in [-0.3, -0.25) is 9.59 Å². The van der Waals surface area contributed by atoms with Crippen molar-refractivity contribution in [3.8, 4) is 5.75 Å². The lowest BCUT2D eigenvalue weighted by Gasteiger charge is -2.39. The van der Waals surface area contributed by atoms with Crippen LogP contribution in [-0.4, -0.2) is 72.5 Å². The van der Waals surface area contributed by atoms with Gasteiger partial charge in [0.15, 0.2) is 0 Å². The maximum Gasteiger partial charge on any atom is 0.227 e. The number of nitrogens with zero attached hydrogens (tertiary/aromatic N) is 4. The number of para-hydroxylation sites is 1. The van der Waals surface area contributed by atoms with Crippen LogP contribution in [0.1, 0.15) is 19.3 Å². The van der Waals surface area contributed by atoms with Crippen molar-refractivity contribution in [3.05, 3.63) is 53.7 Å². The van der Waals surface area contributed by atoms with Gasteiger partial charge in [0.05, 0.1) is 24.0 Å². The van der Waals surface area contributed by atoms with Crippen LogP contribution in [0.3, 0.4) is 0 Å². The molecule has 1 aromatic heterocycles. The van der Waals surface area contributed by atoms with Crippen LogP contribution >= 0.6 is 11.6 Å². The molecule has 4 rings (SSSR count). The number of pyridine rings is 1. The summed E-state index contributed by atoms with van der Waals surface area (Å²) in [5.74, 6) is 1.74. The van der Waals surface area contributed by atoms with Crippen LogP contribution in [0.5, 0.6) is 5.75 Å². The minimum Gasteiger partial charge on any atom is -0.493 e. The van der Waals surface area contributed by atoms with Gasteiger partial charge in [-0.1, -0.05) is 29.8 Å². The van der Waals surface area contributed by atoms with Crippen LogP contribution < -0.4 is 9.64 Å². The Kier molecular flexibility index (Phi) is 7.47. The highest BCUT2D eigenvalue weighted by atomic mass is 35.5. The third-order valence-corrected chi connectivity index (χ3v) is 6.30. The van der Waals surface area contributed by atoms with Gasteiger partial charge in [0.1, 0.15) is 11.6 Å². The van der Waals surface area contributed by atoms with Crippen molar-refractivity contribution >= 4 is 29.2 Å². The zero-order valence-corrected chi connectivity index (χ0v) is 18.9. The monoisotopic (exact) mass is 456 g/mol. The predicted octanol–water partition coefficient (Wildman–Crippen LogP) is 3.09. The zero-order chi connectivity index (χ0) is 22.3. The molecular formula is C24H29ClN4O3. The van der Waals surface area contributed by atoms with Crippen LogP contribution in [0.25, 0.3) is 0 Å². The summed E-state index contributed by atoms with van der Waals surface area (Å²) in [5.41, 5.74) is 0. The molecule has 2 fully saturated rings. The van der Waals surface area contributed by atoms with Gasteiger partial charge in [-0.2, -0.15) is 0 Å². The first kappa shape index (κ1) is 22.4. The fourth-order valence-corrected chi connectivity index (χ4v) is 4.42. The highest BCUT2D eigenvalue weighted by Gasteiger charge is 2.32. The van der Waals surface area contributed by atoms with Crippen molar-refractivity contribution in [2.75, 3.05) is 50.8 Å². The Bertz CT molecular complexity index is 901. The lowest BCUT2D eigenvalue weighted by molar-refractivity contribution is -0.141. The van der Waals surface area contributed by atoms with E-state index in [-0.39, 0.29) is 17.7 Å². The molecule has 0 saturated carbocycles. The van der Waals surface area contributed by atoms with Gasteiger partial charge in [-0.15, -0.1) is 0 Å². The Morgan fingerprint density at radius 3 is 2.50 bits per heavy atom. The number of halogens is 1. The number of carbonyl (C=O) groups excluding carboxylic acids is 2. The molecule has 170 valence electrons. The molecule has 3 heterocycles. The number of carbonyl (C=O) groups is 2. The van der Waals surface area contributed by atoms with Gasteiger partial charge in [-0.05, 0) is 37.1 Å². The van der Waals surface area contributed by atoms with Crippen LogP contribution in [0.2, 0.25) is 5.02 Å². The molecule has 8 heteroatoms. The van der Waals surface area contributed by atoms with E-state index >= 15 is 0 Å². The first-order chi connectivity index (χ1) is 15.6. The van der Waals surface area contributed by atoms with Gasteiger partial charge in [0, 0.05) is 45.5 Å². The molecule has 2 aliphatic heterocycles. The first-order valence-electron chi connectivity index (χ1n) is 11.2. The average molecular weight is 457 g/mol. The summed E-state index contributed by atoms with van der Waals surface area (Å²) >= 11 is 5.92. The van der Waals surface area contributed by atoms with Crippen LogP contribution in [-0.2, 0) is 9.59 Å². The van der Waals surface area contributed by atoms with E-state index in [1.54, 1.807) is 6.20 Å². The molecule has 0 N–H and O–H groups in total. The number of benzene rings is 1. The number of hydrogen-bond acceptors (Lipinski definition) is 5. The van der Waals surface area contributed by atoms with Crippen molar-refractivity contribution in [1.82, 2.24) is 14.8 Å². The van der Waals surface area contributed by atoms with Gasteiger partial charge >= 0.3 is 0 Å². The molecule has 0 bridgehead atoms. The van der Waals surface area contributed by atoms with Crippen molar-refractivity contribution < 1.29 is 14.3 Å². The van der Waals surface area contributed by atoms with Crippen molar-refractivity contribution in [1.29, 1.82) is 0 Å². The second-order valence-corrected chi connectivity index (χ2v) is 8.67. The van der Waals surface area contributed by atoms with Gasteiger partial charge < -0.3 is 19.4 Å². The lowest BCUT2D eigenvalue weighted by atomic mass is 9.96. The summed E-state index contributed by atoms with van der Waals surface area (Å²) in [7, 11) is 0. The number of piperidine rings is 1. The van der Waals surface area contributed by atoms with Gasteiger partial charge in [-0.25, -0.2) is 4.98 Å². The number of aromatic nitrogens is 1. The summed E-state index contributed by atoms with van der Waals surface area (Å²) in [6.45, 7) is 4.38. The molecule has 2 saturated heterocycles. The molecule has 2 aromatic rings. The largest absolute Gasteiger partial charge is 0.493 e. The second kappa shape index (κ2) is 10.7. The molecule has 0 spiro atoms. The fourth-order valence-electron chi connectivity index (χ4n) is 4.31. The van der Waals surface area contributed by atoms with E-state index in [2.05, 4.69) is 9.88 Å². The van der Waals surface area contributed by atoms with Crippen molar-refractivity contribution in [2.24, 2.45) is 5.92 Å². The Hall–Kier alpha value is -2.80. The maximum absolute atomic E-state index is 13.1. The van der Waals surface area contributed by atoms with Crippen LogP contribution in [0.4, 0.5) is 5.82 Å². The van der Waals surface area contributed by atoms with Crippen molar-refractivity contribution in [3.63, 3.8) is 0 Å². The second-order valence-electron chi connectivity index (χ2n) is 8.24. The smallest absolute Gasteiger partial charge is 0.227 e. The molecule has 32 heavy (non-hydrogen) atoms. The summed E-state index contributed by atoms with van der Waals surface area (Å²) in [5, 5.41) is 0.616. The molecule has 1 atom stereocenters. The molecule has 2 aliphatic rings. The molecule has 2 amide bonds. The minimum absolute atomic E-state index is 0.0528. The van der Waals surface area contributed by atoms with E-state index < -0.39 is 0 Å². The maximum atomic E-state index is 13.1. The highest BCUT2D eigenvalue weighted by molar-refractivity contribution is 6.30. The van der Waals surface area contributed by atoms with E-state index in [1.165, 1.54) is 0 Å². The van der Waals surface area contributed by atoms with Gasteiger partial charge in [0.25, 0.3) is 0 Å². The van der Waals surface area contributed by atoms with E-state index in [9.17, 15) is 9.59 Å². The summed E-state index contributed by atoms with van der Waals surface area (Å²) < 4.78 is 5.65. The number of piperazine rings is 1. The Balaban J connectivity index is 1.23. The number of ether oxygens (including phenoxy) is 1. The van der Waals surface area contributed by atoms with E-state index in [1.807, 2.05) is 52.3 Å². The number of anilines is 1. The van der Waals surface area contributed by atoms with Gasteiger partial charge in [0.2, 0.25) is 11.8 Å². The SMILES string of the molecule is O=C(CCOc1ccccc1)N1CCCC(C(=O)N2CCN(c3ccc(Cl)cn3)CC2)C1. The topological polar surface area (TPSA) is 66.0 Å². The Morgan fingerprint density at radius 1 is 1.00 bits per heavy atom. The quantitative estimate of drug-likeness (QED) is 0.668. The summed E-state index contributed by atoms with van der Waals surface area (Å²) in [6, 6.07) is 13.2. The zero-order valence-electron chi connectivity index (χ0n) is 18.2. The average Bonchev–Trinajstić information content (AvgIpc) is 2.85. The number of rotatable bonds is 6. The Labute approximate surface area is 193 Å². The molecule has 7 nitrogen and oxygen atoms in total. The first-order valence-corrected chi connectivity index (χ1v) is 11.6. The number of hydrogen-bond donors (Lipinski definition) is 0. The van der Waals surface area contributed by atoms with E-state index in [0.29, 0.717) is 44.2 Å². The van der Waals surface area contributed by atoms with Crippen LogP contribution in [0.15, 0.2) is 48.7 Å². The van der Waals surface area contributed by atoms with Crippen LogP contribution in [0, 0.1) is 5.92 Å². The number of likely N-dealkylation sites (tertiary alicyclic amines) is 1. The fraction of sp³-hybridized carbons (Fsp3) is 0.458. The standard InChI is InChI=1S/C24H29ClN4O3/c25-20-8-9-22(26-17-20)27-12-14-28(15-13-27)24(31)19-5-4-11-29(18-19)23(30)10-16-32-21-6-2-1-3-7-21/h1-3,6-9,17,19H,4-5,10-16,18H2. The molecule has 1 unspecified atom stereocenters. The molecule has 1 aromatic carbocycles. The summed E-state index contributed by atoms with van der Waals surface area (Å²) in [4.78, 5) is 36.1. The molecule has 0 radical (unpaired) electrons. The molecule has 0 aliphatic carbocycles. The third-order valence-electron chi connectivity index (χ3n) is 6.08. The minimum atomic E-state index is -0.122. The Morgan fingerprint density at radius 2 is 1.78 bits per heavy atom. The normalized spacial score (nSPS) is 19.0. The lowest BCUT2D eigenvalue weighted by Crippen LogP contribution is -2.53. The predicted molar refractivity (Wildman–Crippen MR) is 124 cm³/mol. The third kappa shape index (κ3) is 5.71. The number of amides is 2.